The summed E-state index contributed by atoms with van der Waals surface area (Å²) in [4.78, 5) is 17.4. The second kappa shape index (κ2) is 7.47. The van der Waals surface area contributed by atoms with E-state index in [0.29, 0.717) is 13.0 Å². The van der Waals surface area contributed by atoms with Crippen molar-refractivity contribution in [2.24, 2.45) is 11.1 Å². The first-order chi connectivity index (χ1) is 12.3. The molecule has 0 aromatic heterocycles. The van der Waals surface area contributed by atoms with E-state index in [1.807, 2.05) is 37.8 Å². The highest BCUT2D eigenvalue weighted by atomic mass is 35.5. The van der Waals surface area contributed by atoms with E-state index in [0.717, 1.165) is 37.7 Å². The molecular formula is C20H30ClN3O2. The Labute approximate surface area is 161 Å². The van der Waals surface area contributed by atoms with Gasteiger partial charge in [-0.1, -0.05) is 37.6 Å². The van der Waals surface area contributed by atoms with E-state index < -0.39 is 5.54 Å². The highest BCUT2D eigenvalue weighted by Gasteiger charge is 2.63. The smallest absolute Gasteiger partial charge is 0.243 e. The van der Waals surface area contributed by atoms with Gasteiger partial charge in [0.1, 0.15) is 5.54 Å². The normalized spacial score (nSPS) is 28.7. The first-order valence-electron chi connectivity index (χ1n) is 9.44. The molecule has 1 heterocycles. The zero-order valence-corrected chi connectivity index (χ0v) is 16.8. The molecule has 1 saturated carbocycles. The van der Waals surface area contributed by atoms with Crippen LogP contribution in [-0.4, -0.2) is 60.1 Å². The van der Waals surface area contributed by atoms with Gasteiger partial charge >= 0.3 is 0 Å². The van der Waals surface area contributed by atoms with Crippen LogP contribution in [0.15, 0.2) is 24.3 Å². The molecule has 0 bridgehead atoms. The number of nitrogens with two attached hydrogens (primary N) is 1. The molecule has 1 amide bonds. The number of ether oxygens (including phenoxy) is 1. The molecule has 2 fully saturated rings. The minimum Gasteiger partial charge on any atom is -0.378 e. The fraction of sp³-hybridized carbons (Fsp3) is 0.650. The third-order valence-corrected chi connectivity index (χ3v) is 6.44. The first kappa shape index (κ1) is 19.6. The maximum Gasteiger partial charge on any atom is 0.243 e. The highest BCUT2D eigenvalue weighted by Crippen LogP contribution is 2.50. The lowest BCUT2D eigenvalue weighted by atomic mass is 9.54. The molecule has 144 valence electrons. The highest BCUT2D eigenvalue weighted by molar-refractivity contribution is 6.30. The second-order valence-electron chi connectivity index (χ2n) is 8.04. The van der Waals surface area contributed by atoms with Gasteiger partial charge in [0.05, 0.1) is 6.10 Å². The summed E-state index contributed by atoms with van der Waals surface area (Å²) < 4.78 is 5.75. The Hall–Kier alpha value is -1.14. The van der Waals surface area contributed by atoms with Gasteiger partial charge in [-0.15, -0.1) is 0 Å². The van der Waals surface area contributed by atoms with Crippen LogP contribution in [0.3, 0.4) is 0 Å². The van der Waals surface area contributed by atoms with Gasteiger partial charge in [0.15, 0.2) is 0 Å². The summed E-state index contributed by atoms with van der Waals surface area (Å²) in [6.07, 6.45) is 0.671. The van der Waals surface area contributed by atoms with Crippen molar-refractivity contribution >= 4 is 17.5 Å². The molecule has 1 aliphatic carbocycles. The summed E-state index contributed by atoms with van der Waals surface area (Å²) in [5.41, 5.74) is 6.64. The van der Waals surface area contributed by atoms with E-state index >= 15 is 0 Å². The van der Waals surface area contributed by atoms with Crippen molar-refractivity contribution in [2.45, 2.75) is 45.4 Å². The van der Waals surface area contributed by atoms with Gasteiger partial charge in [-0.3, -0.25) is 9.69 Å². The quantitative estimate of drug-likeness (QED) is 0.854. The predicted octanol–water partition coefficient (Wildman–Crippen LogP) is 2.52. The Balaban J connectivity index is 1.54. The topological polar surface area (TPSA) is 58.8 Å². The van der Waals surface area contributed by atoms with Gasteiger partial charge in [0.25, 0.3) is 0 Å². The molecule has 26 heavy (non-hydrogen) atoms. The van der Waals surface area contributed by atoms with Crippen molar-refractivity contribution in [3.8, 4) is 0 Å². The van der Waals surface area contributed by atoms with Crippen LogP contribution >= 0.6 is 11.6 Å². The molecule has 0 radical (unpaired) electrons. The van der Waals surface area contributed by atoms with Crippen LogP contribution < -0.4 is 5.73 Å². The van der Waals surface area contributed by atoms with Crippen molar-refractivity contribution in [2.75, 3.05) is 32.8 Å². The zero-order chi connectivity index (χ0) is 18.9. The van der Waals surface area contributed by atoms with Crippen molar-refractivity contribution in [1.29, 1.82) is 0 Å². The number of rotatable bonds is 5. The average molecular weight is 380 g/mol. The van der Waals surface area contributed by atoms with E-state index in [9.17, 15) is 4.79 Å². The minimum absolute atomic E-state index is 0.0626. The predicted molar refractivity (Wildman–Crippen MR) is 104 cm³/mol. The molecular weight excluding hydrogens is 350 g/mol. The van der Waals surface area contributed by atoms with Crippen LogP contribution in [0.1, 0.15) is 32.8 Å². The monoisotopic (exact) mass is 379 g/mol. The van der Waals surface area contributed by atoms with Crippen LogP contribution in [0.4, 0.5) is 0 Å². The Morgan fingerprint density at radius 2 is 1.85 bits per heavy atom. The molecule has 0 spiro atoms. The number of amides is 1. The van der Waals surface area contributed by atoms with Gasteiger partial charge in [-0.05, 0) is 24.6 Å². The summed E-state index contributed by atoms with van der Waals surface area (Å²) in [5.74, 6) is 0.0737. The standard InChI is InChI=1S/C20H30ClN3O2/c1-4-26-17-13-20(22,19(17,2)3)18(25)24-11-9-23(10-12-24)14-15-5-7-16(21)8-6-15/h5-8,17H,4,9-14,22H2,1-3H3. The van der Waals surface area contributed by atoms with Gasteiger partial charge < -0.3 is 15.4 Å². The Bertz CT molecular complexity index is 641. The molecule has 1 aliphatic heterocycles. The zero-order valence-electron chi connectivity index (χ0n) is 16.0. The number of carbonyl (C=O) groups is 1. The molecule has 2 aliphatic rings. The van der Waals surface area contributed by atoms with E-state index in [2.05, 4.69) is 17.0 Å². The maximum atomic E-state index is 13.1. The maximum absolute atomic E-state index is 13.1. The second-order valence-corrected chi connectivity index (χ2v) is 8.47. The lowest BCUT2D eigenvalue weighted by Gasteiger charge is -2.59. The Morgan fingerprint density at radius 3 is 2.38 bits per heavy atom. The summed E-state index contributed by atoms with van der Waals surface area (Å²) in [7, 11) is 0. The van der Waals surface area contributed by atoms with Crippen LogP contribution in [0, 0.1) is 5.41 Å². The largest absolute Gasteiger partial charge is 0.378 e. The molecule has 5 nitrogen and oxygen atoms in total. The minimum atomic E-state index is -0.814. The lowest BCUT2D eigenvalue weighted by Crippen LogP contribution is -2.76. The number of benzene rings is 1. The molecule has 1 saturated heterocycles. The SMILES string of the molecule is CCOC1CC(N)(C(=O)N2CCN(Cc3ccc(Cl)cc3)CC2)C1(C)C. The van der Waals surface area contributed by atoms with Crippen LogP contribution in [0.5, 0.6) is 0 Å². The van der Waals surface area contributed by atoms with E-state index in [1.54, 1.807) is 0 Å². The molecule has 1 aromatic carbocycles. The molecule has 2 N–H and O–H groups in total. The number of piperazine rings is 1. The third kappa shape index (κ3) is 3.50. The van der Waals surface area contributed by atoms with Crippen LogP contribution in [0.2, 0.25) is 5.02 Å². The van der Waals surface area contributed by atoms with Crippen LogP contribution in [0.25, 0.3) is 0 Å². The third-order valence-electron chi connectivity index (χ3n) is 6.19. The molecule has 1 aromatic rings. The fourth-order valence-electron chi connectivity index (χ4n) is 4.04. The average Bonchev–Trinajstić information content (AvgIpc) is 2.63. The van der Waals surface area contributed by atoms with E-state index in [4.69, 9.17) is 22.1 Å². The van der Waals surface area contributed by atoms with Crippen molar-refractivity contribution in [3.05, 3.63) is 34.9 Å². The molecule has 2 atom stereocenters. The van der Waals surface area contributed by atoms with E-state index in [1.165, 1.54) is 5.56 Å². The van der Waals surface area contributed by atoms with Gasteiger partial charge in [-0.25, -0.2) is 0 Å². The van der Waals surface area contributed by atoms with E-state index in [-0.39, 0.29) is 17.4 Å². The fourth-order valence-corrected chi connectivity index (χ4v) is 4.16. The first-order valence-corrected chi connectivity index (χ1v) is 9.82. The summed E-state index contributed by atoms with van der Waals surface area (Å²) in [6.45, 7) is 10.8. The van der Waals surface area contributed by atoms with Crippen molar-refractivity contribution in [3.63, 3.8) is 0 Å². The Kier molecular flexibility index (Phi) is 5.63. The summed E-state index contributed by atoms with van der Waals surface area (Å²) >= 11 is 5.94. The number of hydrogen-bond donors (Lipinski definition) is 1. The number of halogens is 1. The van der Waals surface area contributed by atoms with Gasteiger partial charge in [-0.2, -0.15) is 0 Å². The Morgan fingerprint density at radius 1 is 1.23 bits per heavy atom. The summed E-state index contributed by atoms with van der Waals surface area (Å²) in [5, 5.41) is 0.755. The van der Waals surface area contributed by atoms with Gasteiger partial charge in [0, 0.05) is 56.2 Å². The van der Waals surface area contributed by atoms with Crippen LogP contribution in [-0.2, 0) is 16.1 Å². The number of nitrogens with zero attached hydrogens (tertiary/aromatic N) is 2. The summed E-state index contributed by atoms with van der Waals surface area (Å²) in [6, 6.07) is 7.95. The number of hydrogen-bond acceptors (Lipinski definition) is 4. The number of carbonyl (C=O) groups excluding carboxylic acids is 1. The lowest BCUT2D eigenvalue weighted by molar-refractivity contribution is -0.180. The molecule has 6 heteroatoms. The van der Waals surface area contributed by atoms with Gasteiger partial charge in [0.2, 0.25) is 5.91 Å². The van der Waals surface area contributed by atoms with Crippen molar-refractivity contribution < 1.29 is 9.53 Å². The molecule has 3 rings (SSSR count). The van der Waals surface area contributed by atoms with Crippen molar-refractivity contribution in [1.82, 2.24) is 9.80 Å². The molecule has 2 unspecified atom stereocenters.